The molecule has 0 aromatic heterocycles. The fraction of sp³-hybridized carbons (Fsp3) is 0.500. The van der Waals surface area contributed by atoms with Crippen LogP contribution in [0.4, 0.5) is 0 Å². The van der Waals surface area contributed by atoms with Crippen molar-refractivity contribution >= 4 is 0 Å². The summed E-state index contributed by atoms with van der Waals surface area (Å²) in [6.07, 6.45) is 14.9. The Kier molecular flexibility index (Phi) is 10.2. The Morgan fingerprint density at radius 3 is 2.33 bits per heavy atom. The molecule has 0 N–H and O–H groups in total. The largest absolute Gasteiger partial charge is 3.00 e. The second-order valence-electron chi connectivity index (χ2n) is 5.70. The van der Waals surface area contributed by atoms with Crippen molar-refractivity contribution in [2.45, 2.75) is 51.9 Å². The summed E-state index contributed by atoms with van der Waals surface area (Å²) in [6, 6.07) is 0. The topological polar surface area (TPSA) is 18.5 Å². The van der Waals surface area contributed by atoms with E-state index in [2.05, 4.69) is 25.2 Å². The van der Waals surface area contributed by atoms with Crippen LogP contribution in [0, 0.1) is 6.08 Å². The van der Waals surface area contributed by atoms with Gasteiger partial charge in [-0.05, 0) is 39.0 Å². The van der Waals surface area contributed by atoms with Gasteiger partial charge in [0.05, 0.1) is 5.60 Å². The van der Waals surface area contributed by atoms with Crippen molar-refractivity contribution < 1.29 is 56.0 Å². The van der Waals surface area contributed by atoms with E-state index in [1.807, 2.05) is 39.0 Å². The molecule has 2 aliphatic rings. The maximum absolute atomic E-state index is 6.20. The summed E-state index contributed by atoms with van der Waals surface area (Å²) in [5, 5.41) is 0. The monoisotopic (exact) mass is 363 g/mol. The minimum Gasteiger partial charge on any atom is -1.00 e. The molecule has 1 radical (unpaired) electrons. The van der Waals surface area contributed by atoms with Crippen LogP contribution in [0.5, 0.6) is 0 Å². The van der Waals surface area contributed by atoms with E-state index in [1.165, 1.54) is 0 Å². The molecule has 0 fully saturated rings. The zero-order chi connectivity index (χ0) is 13.2. The number of allylic oxidation sites excluding steroid dienone is 5. The van der Waals surface area contributed by atoms with Crippen LogP contribution in [-0.4, -0.2) is 11.4 Å². The molecule has 0 saturated heterocycles. The van der Waals surface area contributed by atoms with E-state index < -0.39 is 5.79 Å². The third-order valence-corrected chi connectivity index (χ3v) is 2.88. The van der Waals surface area contributed by atoms with Gasteiger partial charge < -0.3 is 34.3 Å². The van der Waals surface area contributed by atoms with Crippen molar-refractivity contribution in [3.8, 4) is 0 Å². The van der Waals surface area contributed by atoms with Gasteiger partial charge in [-0.3, -0.25) is 0 Å². The summed E-state index contributed by atoms with van der Waals surface area (Å²) < 4.78 is 12.3. The van der Waals surface area contributed by atoms with Crippen molar-refractivity contribution in [3.63, 3.8) is 0 Å². The predicted molar refractivity (Wildman–Crippen MR) is 72.7 cm³/mol. The molecular formula is C16H21Cl2O2Ti. The van der Waals surface area contributed by atoms with Gasteiger partial charge >= 0.3 is 21.7 Å². The van der Waals surface area contributed by atoms with Gasteiger partial charge in [0.2, 0.25) is 5.79 Å². The molecule has 0 amide bonds. The third kappa shape index (κ3) is 6.34. The van der Waals surface area contributed by atoms with E-state index in [4.69, 9.17) is 9.47 Å². The number of ether oxygens (including phenoxy) is 2. The van der Waals surface area contributed by atoms with Crippen LogP contribution in [0.2, 0.25) is 0 Å². The second-order valence-corrected chi connectivity index (χ2v) is 5.70. The van der Waals surface area contributed by atoms with E-state index in [9.17, 15) is 0 Å². The van der Waals surface area contributed by atoms with Crippen molar-refractivity contribution in [2.24, 2.45) is 0 Å². The molecule has 0 aliphatic heterocycles. The van der Waals surface area contributed by atoms with Gasteiger partial charge in [0.25, 0.3) is 0 Å². The summed E-state index contributed by atoms with van der Waals surface area (Å²) in [6.45, 7) is 8.19. The predicted octanol–water partition coefficient (Wildman–Crippen LogP) is -1.93. The molecule has 0 aromatic carbocycles. The molecule has 0 bridgehead atoms. The maximum atomic E-state index is 6.20. The van der Waals surface area contributed by atoms with Crippen molar-refractivity contribution in [2.75, 3.05) is 0 Å². The molecule has 5 heteroatoms. The average Bonchev–Trinajstić information content (AvgIpc) is 2.73. The van der Waals surface area contributed by atoms with Crippen LogP contribution >= 0.6 is 0 Å². The van der Waals surface area contributed by atoms with Crippen LogP contribution in [0.25, 0.3) is 0 Å². The first-order valence-electron chi connectivity index (χ1n) is 6.42. The average molecular weight is 364 g/mol. The fourth-order valence-electron chi connectivity index (χ4n) is 2.12. The number of rotatable bonds is 3. The molecule has 0 saturated carbocycles. The van der Waals surface area contributed by atoms with Gasteiger partial charge in [-0.25, -0.2) is 6.08 Å². The van der Waals surface area contributed by atoms with E-state index in [0.717, 1.165) is 24.2 Å². The van der Waals surface area contributed by atoms with Crippen molar-refractivity contribution in [3.05, 3.63) is 47.8 Å². The summed E-state index contributed by atoms with van der Waals surface area (Å²) in [5.74, 6) is 0.0894. The van der Waals surface area contributed by atoms with E-state index >= 15 is 0 Å². The molecule has 2 nitrogen and oxygen atoms in total. The molecule has 2 aliphatic carbocycles. The summed E-state index contributed by atoms with van der Waals surface area (Å²) in [5.41, 5.74) is 0.831. The maximum Gasteiger partial charge on any atom is 3.00 e. The van der Waals surface area contributed by atoms with Gasteiger partial charge in [0.15, 0.2) is 0 Å². The molecule has 0 aromatic rings. The van der Waals surface area contributed by atoms with Gasteiger partial charge in [-0.1, -0.05) is 18.2 Å². The Morgan fingerprint density at radius 1 is 1.19 bits per heavy atom. The van der Waals surface area contributed by atoms with Crippen LogP contribution < -0.4 is 24.8 Å². The van der Waals surface area contributed by atoms with Crippen LogP contribution in [-0.2, 0) is 31.2 Å². The van der Waals surface area contributed by atoms with Gasteiger partial charge in [0, 0.05) is 6.42 Å². The van der Waals surface area contributed by atoms with Gasteiger partial charge in [-0.2, -0.15) is 12.2 Å². The standard InChI is InChI=1S/C16H21O2.2ClH.Ti/c1-13-9-7-8-12-16(13,18-15(2,3)4)17-14-10-5-6-11-14;;;/h5,7-10H,6,12H2,1-4H3;2*1H;/q-1;;;+3/p-2. The summed E-state index contributed by atoms with van der Waals surface area (Å²) >= 11 is 0. The Morgan fingerprint density at radius 2 is 1.86 bits per heavy atom. The second kappa shape index (κ2) is 9.22. The summed E-state index contributed by atoms with van der Waals surface area (Å²) in [7, 11) is 0. The smallest absolute Gasteiger partial charge is 1.00 e. The van der Waals surface area contributed by atoms with E-state index in [1.54, 1.807) is 0 Å². The van der Waals surface area contributed by atoms with Crippen molar-refractivity contribution in [1.82, 2.24) is 0 Å². The number of hydrogen-bond donors (Lipinski definition) is 0. The van der Waals surface area contributed by atoms with Gasteiger partial charge in [0.1, 0.15) is 0 Å². The molecule has 0 heterocycles. The Hall–Kier alpha value is 0.0143. The Balaban J connectivity index is 0. The van der Waals surface area contributed by atoms with Crippen LogP contribution in [0.15, 0.2) is 41.7 Å². The molecule has 0 spiro atoms. The first kappa shape index (κ1) is 23.3. The third-order valence-electron chi connectivity index (χ3n) is 2.88. The number of halogens is 2. The van der Waals surface area contributed by atoms with E-state index in [0.29, 0.717) is 0 Å². The zero-order valence-electron chi connectivity index (χ0n) is 12.9. The van der Waals surface area contributed by atoms with Gasteiger partial charge in [-0.15, -0.1) is 6.42 Å². The Bertz CT molecular complexity index is 448. The molecule has 21 heavy (non-hydrogen) atoms. The van der Waals surface area contributed by atoms with Crippen LogP contribution in [0.3, 0.4) is 0 Å². The fourth-order valence-corrected chi connectivity index (χ4v) is 2.12. The molecule has 1 atom stereocenters. The minimum absolute atomic E-state index is 0. The molecule has 115 valence electrons. The molecule has 1 unspecified atom stereocenters. The van der Waals surface area contributed by atoms with Crippen LogP contribution in [0.1, 0.15) is 40.5 Å². The van der Waals surface area contributed by atoms with E-state index in [-0.39, 0.29) is 52.1 Å². The minimum atomic E-state index is -0.690. The number of hydrogen-bond acceptors (Lipinski definition) is 2. The normalized spacial score (nSPS) is 23.2. The summed E-state index contributed by atoms with van der Waals surface area (Å²) in [4.78, 5) is 0. The first-order chi connectivity index (χ1) is 8.41. The quantitative estimate of drug-likeness (QED) is 0.330. The van der Waals surface area contributed by atoms with Crippen molar-refractivity contribution in [1.29, 1.82) is 0 Å². The molecular weight excluding hydrogens is 343 g/mol. The SMILES string of the molecule is CC1=CC=CCC1(OC1=[C-]CC=C1)OC(C)(C)C.[Cl-].[Cl-].[Ti+3]. The molecule has 2 rings (SSSR count). The zero-order valence-corrected chi connectivity index (χ0v) is 15.9. The first-order valence-corrected chi connectivity index (χ1v) is 6.42. The Labute approximate surface area is 155 Å².